The molecule has 0 saturated carbocycles. The summed E-state index contributed by atoms with van der Waals surface area (Å²) in [4.78, 5) is 15.1. The fourth-order valence-electron chi connectivity index (χ4n) is 5.17. The first kappa shape index (κ1) is 21.2. The Morgan fingerprint density at radius 2 is 2.03 bits per heavy atom. The van der Waals surface area contributed by atoms with Crippen LogP contribution in [0, 0.1) is 11.8 Å². The molecule has 2 aliphatic heterocycles. The fraction of sp³-hybridized carbons (Fsp3) is 0.640. The molecule has 2 fully saturated rings. The Hall–Kier alpha value is -2.01. The van der Waals surface area contributed by atoms with Gasteiger partial charge in [0.05, 0.1) is 5.52 Å². The first-order chi connectivity index (χ1) is 14.6. The molecular weight excluding hydrogens is 374 g/mol. The molecule has 2 aromatic rings. The van der Waals surface area contributed by atoms with Gasteiger partial charge in [-0.05, 0) is 75.2 Å². The lowest BCUT2D eigenvalue weighted by molar-refractivity contribution is -0.123. The molecule has 0 aliphatic carbocycles. The monoisotopic (exact) mass is 411 g/mol. The summed E-state index contributed by atoms with van der Waals surface area (Å²) in [6, 6.07) is 8.86. The molecule has 2 unspecified atom stereocenters. The van der Waals surface area contributed by atoms with Gasteiger partial charge in [-0.3, -0.25) is 4.79 Å². The molecule has 1 amide bonds. The van der Waals surface area contributed by atoms with E-state index in [4.69, 9.17) is 4.74 Å². The number of fused-ring (bicyclic) bond motifs is 2. The molecule has 164 valence electrons. The fourth-order valence-corrected chi connectivity index (χ4v) is 5.17. The highest BCUT2D eigenvalue weighted by atomic mass is 16.5. The van der Waals surface area contributed by atoms with Crippen molar-refractivity contribution in [1.29, 1.82) is 0 Å². The molecule has 5 nitrogen and oxygen atoms in total. The summed E-state index contributed by atoms with van der Waals surface area (Å²) in [5.74, 6) is 2.04. The molecule has 1 N–H and O–H groups in total. The zero-order valence-electron chi connectivity index (χ0n) is 18.6. The van der Waals surface area contributed by atoms with Gasteiger partial charge < -0.3 is 19.5 Å². The van der Waals surface area contributed by atoms with Crippen molar-refractivity contribution in [1.82, 2.24) is 14.8 Å². The van der Waals surface area contributed by atoms with E-state index in [2.05, 4.69) is 47.0 Å². The lowest BCUT2D eigenvalue weighted by Crippen LogP contribution is -2.51. The van der Waals surface area contributed by atoms with Crippen LogP contribution >= 0.6 is 0 Å². The Morgan fingerprint density at radius 1 is 1.17 bits per heavy atom. The van der Waals surface area contributed by atoms with Crippen LogP contribution < -0.4 is 10.1 Å². The second kappa shape index (κ2) is 9.86. The molecule has 0 spiro atoms. The second-order valence-corrected chi connectivity index (χ2v) is 9.47. The molecule has 4 rings (SSSR count). The van der Waals surface area contributed by atoms with Gasteiger partial charge in [-0.15, -0.1) is 0 Å². The predicted molar refractivity (Wildman–Crippen MR) is 122 cm³/mol. The summed E-state index contributed by atoms with van der Waals surface area (Å²) in [5.41, 5.74) is 1.17. The summed E-state index contributed by atoms with van der Waals surface area (Å²) in [6.07, 6.45) is 9.70. The second-order valence-electron chi connectivity index (χ2n) is 9.47. The number of aryl methyl sites for hydroxylation is 1. The van der Waals surface area contributed by atoms with Gasteiger partial charge in [0.1, 0.15) is 5.75 Å². The standard InChI is InChI=1S/C25H37N3O2/c1-19(2)11-15-28-16-12-21-23(28)9-5-10-24(21)30-18-25(29)26-17-20-7-6-14-27-13-4-3-8-22(20)27/h5,9-10,12,16,19-20,22H,3-4,6-8,11,13-15,17-18H2,1-2H3,(H,26,29). The minimum Gasteiger partial charge on any atom is -0.483 e. The highest BCUT2D eigenvalue weighted by molar-refractivity contribution is 5.87. The van der Waals surface area contributed by atoms with Crippen molar-refractivity contribution >= 4 is 16.8 Å². The third-order valence-electron chi connectivity index (χ3n) is 6.87. The largest absolute Gasteiger partial charge is 0.483 e. The van der Waals surface area contributed by atoms with Crippen molar-refractivity contribution in [2.75, 3.05) is 26.2 Å². The number of rotatable bonds is 8. The number of benzene rings is 1. The highest BCUT2D eigenvalue weighted by Gasteiger charge is 2.32. The van der Waals surface area contributed by atoms with Gasteiger partial charge >= 0.3 is 0 Å². The van der Waals surface area contributed by atoms with Crippen LogP contribution in [0.25, 0.3) is 10.9 Å². The van der Waals surface area contributed by atoms with E-state index >= 15 is 0 Å². The Balaban J connectivity index is 1.30. The first-order valence-corrected chi connectivity index (χ1v) is 11.8. The molecule has 0 bridgehead atoms. The number of nitrogens with one attached hydrogen (secondary N) is 1. The van der Waals surface area contributed by atoms with Crippen LogP contribution in [0.5, 0.6) is 5.75 Å². The van der Waals surface area contributed by atoms with Crippen molar-refractivity contribution in [3.8, 4) is 5.75 Å². The summed E-state index contributed by atoms with van der Waals surface area (Å²) in [6.45, 7) is 8.83. The van der Waals surface area contributed by atoms with Crippen LogP contribution in [0.1, 0.15) is 52.4 Å². The average molecular weight is 412 g/mol. The summed E-state index contributed by atoms with van der Waals surface area (Å²) in [5, 5.41) is 4.23. The zero-order chi connectivity index (χ0) is 20.9. The molecule has 5 heteroatoms. The van der Waals surface area contributed by atoms with Gasteiger partial charge in [-0.1, -0.05) is 26.3 Å². The van der Waals surface area contributed by atoms with E-state index in [1.165, 1.54) is 50.7 Å². The van der Waals surface area contributed by atoms with Gasteiger partial charge in [0, 0.05) is 30.7 Å². The quantitative estimate of drug-likeness (QED) is 0.698. The van der Waals surface area contributed by atoms with Gasteiger partial charge in [-0.2, -0.15) is 0 Å². The Bertz CT molecular complexity index is 842. The maximum Gasteiger partial charge on any atom is 0.257 e. The molecule has 0 radical (unpaired) electrons. The van der Waals surface area contributed by atoms with Gasteiger partial charge in [-0.25, -0.2) is 0 Å². The lowest BCUT2D eigenvalue weighted by Gasteiger charge is -2.44. The third kappa shape index (κ3) is 5.00. The SMILES string of the molecule is CC(C)CCn1ccc2c(OCC(=O)NCC3CCCN4CCCCC34)cccc21. The summed E-state index contributed by atoms with van der Waals surface area (Å²) in [7, 11) is 0. The van der Waals surface area contributed by atoms with Crippen molar-refractivity contribution < 1.29 is 9.53 Å². The summed E-state index contributed by atoms with van der Waals surface area (Å²) >= 11 is 0. The van der Waals surface area contributed by atoms with E-state index in [9.17, 15) is 4.79 Å². The first-order valence-electron chi connectivity index (χ1n) is 11.8. The van der Waals surface area contributed by atoms with Crippen LogP contribution in [-0.2, 0) is 11.3 Å². The minimum absolute atomic E-state index is 0.0147. The number of amides is 1. The number of nitrogens with zero attached hydrogens (tertiary/aromatic N) is 2. The number of hydrogen-bond donors (Lipinski definition) is 1. The maximum absolute atomic E-state index is 12.5. The Morgan fingerprint density at radius 3 is 2.90 bits per heavy atom. The number of carbonyl (C=O) groups excluding carboxylic acids is 1. The van der Waals surface area contributed by atoms with Crippen molar-refractivity contribution in [2.45, 2.75) is 65.0 Å². The Kier molecular flexibility index (Phi) is 6.98. The van der Waals surface area contributed by atoms with Gasteiger partial charge in [0.15, 0.2) is 6.61 Å². The molecule has 2 aliphatic rings. The molecule has 30 heavy (non-hydrogen) atoms. The third-order valence-corrected chi connectivity index (χ3v) is 6.87. The summed E-state index contributed by atoms with van der Waals surface area (Å²) < 4.78 is 8.21. The molecule has 3 heterocycles. The van der Waals surface area contributed by atoms with E-state index in [1.54, 1.807) is 0 Å². The number of ether oxygens (including phenoxy) is 1. The zero-order valence-corrected chi connectivity index (χ0v) is 18.6. The van der Waals surface area contributed by atoms with E-state index in [0.717, 1.165) is 30.6 Å². The van der Waals surface area contributed by atoms with Crippen LogP contribution in [0.4, 0.5) is 0 Å². The average Bonchev–Trinajstić information content (AvgIpc) is 3.18. The lowest BCUT2D eigenvalue weighted by atomic mass is 9.83. The van der Waals surface area contributed by atoms with E-state index < -0.39 is 0 Å². The molecule has 2 saturated heterocycles. The van der Waals surface area contributed by atoms with E-state index in [0.29, 0.717) is 17.9 Å². The highest BCUT2D eigenvalue weighted by Crippen LogP contribution is 2.30. The number of hydrogen-bond acceptors (Lipinski definition) is 3. The molecular formula is C25H37N3O2. The van der Waals surface area contributed by atoms with Crippen LogP contribution in [0.3, 0.4) is 0 Å². The molecule has 1 aromatic heterocycles. The van der Waals surface area contributed by atoms with Crippen LogP contribution in [0.2, 0.25) is 0 Å². The van der Waals surface area contributed by atoms with Crippen molar-refractivity contribution in [3.63, 3.8) is 0 Å². The minimum atomic E-state index is -0.0147. The normalized spacial score (nSPS) is 22.2. The smallest absolute Gasteiger partial charge is 0.257 e. The number of piperidine rings is 2. The number of carbonyl (C=O) groups is 1. The molecule has 1 aromatic carbocycles. The van der Waals surface area contributed by atoms with Gasteiger partial charge in [0.25, 0.3) is 5.91 Å². The Labute approximate surface area is 180 Å². The van der Waals surface area contributed by atoms with Crippen LogP contribution in [-0.4, -0.2) is 47.7 Å². The van der Waals surface area contributed by atoms with Crippen molar-refractivity contribution in [2.24, 2.45) is 11.8 Å². The predicted octanol–water partition coefficient (Wildman–Crippen LogP) is 4.45. The van der Waals surface area contributed by atoms with Crippen LogP contribution in [0.15, 0.2) is 30.5 Å². The number of aromatic nitrogens is 1. The molecule has 2 atom stereocenters. The topological polar surface area (TPSA) is 46.5 Å². The van der Waals surface area contributed by atoms with E-state index in [1.807, 2.05) is 12.1 Å². The van der Waals surface area contributed by atoms with Gasteiger partial charge in [0.2, 0.25) is 0 Å². The van der Waals surface area contributed by atoms with Crippen molar-refractivity contribution in [3.05, 3.63) is 30.5 Å². The van der Waals surface area contributed by atoms with E-state index in [-0.39, 0.29) is 12.5 Å². The maximum atomic E-state index is 12.5.